The molecule has 2 aliphatic heterocycles. The number of thioether (sulfide) groups is 2. The second kappa shape index (κ2) is 6.66. The van der Waals surface area contributed by atoms with Crippen molar-refractivity contribution < 1.29 is 4.79 Å². The van der Waals surface area contributed by atoms with E-state index in [9.17, 15) is 4.79 Å². The van der Waals surface area contributed by atoms with Crippen LogP contribution < -0.4 is 0 Å². The Bertz CT molecular complexity index is 505. The Kier molecular flexibility index (Phi) is 4.85. The van der Waals surface area contributed by atoms with Gasteiger partial charge in [-0.2, -0.15) is 11.8 Å². The van der Waals surface area contributed by atoms with Crippen LogP contribution in [0.25, 0.3) is 0 Å². The summed E-state index contributed by atoms with van der Waals surface area (Å²) in [5.74, 6) is 1.27. The van der Waals surface area contributed by atoms with E-state index in [2.05, 4.69) is 24.1 Å². The molecule has 2 fully saturated rings. The van der Waals surface area contributed by atoms with Crippen molar-refractivity contribution in [2.45, 2.75) is 54.8 Å². The van der Waals surface area contributed by atoms with Gasteiger partial charge in [0.05, 0.1) is 5.56 Å². The van der Waals surface area contributed by atoms with Crippen LogP contribution in [0.1, 0.15) is 43.0 Å². The third kappa shape index (κ3) is 2.98. The highest BCUT2D eigenvalue weighted by Gasteiger charge is 2.43. The number of carbonyl (C=O) groups excluding carboxylic acids is 1. The lowest BCUT2D eigenvalue weighted by Crippen LogP contribution is -2.47. The highest BCUT2D eigenvalue weighted by molar-refractivity contribution is 7.99. The van der Waals surface area contributed by atoms with E-state index in [0.29, 0.717) is 12.1 Å². The molecule has 1 aromatic carbocycles. The van der Waals surface area contributed by atoms with E-state index in [1.807, 2.05) is 30.0 Å². The van der Waals surface area contributed by atoms with Crippen LogP contribution in [0.5, 0.6) is 0 Å². The zero-order valence-corrected chi connectivity index (χ0v) is 14.4. The SMILES string of the molecule is CCSc1ccccc1C(=O)N1C2CCC1CC(SC)C2. The molecule has 0 radical (unpaired) electrons. The third-order valence-corrected chi connectivity index (χ3v) is 6.68. The summed E-state index contributed by atoms with van der Waals surface area (Å²) in [7, 11) is 0. The number of hydrogen-bond donors (Lipinski definition) is 0. The Morgan fingerprint density at radius 1 is 1.24 bits per heavy atom. The fourth-order valence-corrected chi connectivity index (χ4v) is 5.34. The number of hydrogen-bond acceptors (Lipinski definition) is 3. The Balaban J connectivity index is 1.83. The van der Waals surface area contributed by atoms with E-state index < -0.39 is 0 Å². The van der Waals surface area contributed by atoms with Crippen molar-refractivity contribution in [3.8, 4) is 0 Å². The number of piperidine rings is 1. The Hall–Kier alpha value is -0.610. The number of rotatable bonds is 4. The molecule has 2 heterocycles. The van der Waals surface area contributed by atoms with Gasteiger partial charge in [-0.15, -0.1) is 11.8 Å². The van der Waals surface area contributed by atoms with Crippen LogP contribution in [-0.4, -0.2) is 40.1 Å². The Labute approximate surface area is 136 Å². The van der Waals surface area contributed by atoms with E-state index in [-0.39, 0.29) is 5.91 Å². The van der Waals surface area contributed by atoms with Crippen LogP contribution in [0, 0.1) is 0 Å². The minimum absolute atomic E-state index is 0.263. The molecule has 0 saturated carbocycles. The number of nitrogens with zero attached hydrogens (tertiary/aromatic N) is 1. The molecule has 3 rings (SSSR count). The van der Waals surface area contributed by atoms with E-state index in [0.717, 1.165) is 21.5 Å². The average Bonchev–Trinajstić information content (AvgIpc) is 2.77. The summed E-state index contributed by atoms with van der Waals surface area (Å²) in [5.41, 5.74) is 0.906. The zero-order valence-electron chi connectivity index (χ0n) is 12.7. The molecule has 2 bridgehead atoms. The molecule has 4 heteroatoms. The monoisotopic (exact) mass is 321 g/mol. The van der Waals surface area contributed by atoms with Gasteiger partial charge in [0, 0.05) is 22.2 Å². The van der Waals surface area contributed by atoms with Crippen molar-refractivity contribution in [2.75, 3.05) is 12.0 Å². The fourth-order valence-electron chi connectivity index (χ4n) is 3.71. The summed E-state index contributed by atoms with van der Waals surface area (Å²) < 4.78 is 0. The largest absolute Gasteiger partial charge is 0.333 e. The summed E-state index contributed by atoms with van der Waals surface area (Å²) in [6, 6.07) is 9.03. The number of carbonyl (C=O) groups is 1. The van der Waals surface area contributed by atoms with Gasteiger partial charge in [0.2, 0.25) is 0 Å². The first-order valence-corrected chi connectivity index (χ1v) is 10.1. The topological polar surface area (TPSA) is 20.3 Å². The van der Waals surface area contributed by atoms with Gasteiger partial charge in [0.15, 0.2) is 0 Å². The molecule has 0 aromatic heterocycles. The number of benzene rings is 1. The van der Waals surface area contributed by atoms with Crippen LogP contribution >= 0.6 is 23.5 Å². The standard InChI is InChI=1S/C17H23NOS2/c1-3-21-16-7-5-4-6-15(16)17(19)18-12-8-9-13(18)11-14(10-12)20-2/h4-7,12-14H,3,8-11H2,1-2H3. The highest BCUT2D eigenvalue weighted by Crippen LogP contribution is 2.41. The molecular formula is C17H23NOS2. The van der Waals surface area contributed by atoms with Gasteiger partial charge in [-0.3, -0.25) is 4.79 Å². The van der Waals surface area contributed by atoms with E-state index >= 15 is 0 Å². The van der Waals surface area contributed by atoms with E-state index in [1.165, 1.54) is 25.7 Å². The minimum atomic E-state index is 0.263. The van der Waals surface area contributed by atoms with Gasteiger partial charge in [0.1, 0.15) is 0 Å². The maximum atomic E-state index is 13.1. The quantitative estimate of drug-likeness (QED) is 0.771. The normalized spacial score (nSPS) is 27.9. The van der Waals surface area contributed by atoms with Crippen molar-refractivity contribution in [2.24, 2.45) is 0 Å². The van der Waals surface area contributed by atoms with Crippen LogP contribution in [0.3, 0.4) is 0 Å². The lowest BCUT2D eigenvalue weighted by molar-refractivity contribution is 0.0598. The maximum Gasteiger partial charge on any atom is 0.255 e. The molecule has 0 spiro atoms. The molecule has 114 valence electrons. The Morgan fingerprint density at radius 3 is 2.52 bits per heavy atom. The predicted octanol–water partition coefficient (Wildman–Crippen LogP) is 4.30. The molecule has 1 amide bonds. The van der Waals surface area contributed by atoms with Crippen molar-refractivity contribution in [1.29, 1.82) is 0 Å². The summed E-state index contributed by atoms with van der Waals surface area (Å²) in [6.45, 7) is 2.14. The summed E-state index contributed by atoms with van der Waals surface area (Å²) in [5, 5.41) is 0.742. The molecule has 2 saturated heterocycles. The van der Waals surface area contributed by atoms with Crippen molar-refractivity contribution in [3.05, 3.63) is 29.8 Å². The van der Waals surface area contributed by atoms with E-state index in [1.54, 1.807) is 11.8 Å². The van der Waals surface area contributed by atoms with Crippen LogP contribution in [0.15, 0.2) is 29.2 Å². The van der Waals surface area contributed by atoms with Gasteiger partial charge in [-0.1, -0.05) is 19.1 Å². The van der Waals surface area contributed by atoms with Gasteiger partial charge >= 0.3 is 0 Å². The molecule has 21 heavy (non-hydrogen) atoms. The second-order valence-corrected chi connectivity index (χ2v) is 8.30. The van der Waals surface area contributed by atoms with Crippen LogP contribution in [0.4, 0.5) is 0 Å². The summed E-state index contributed by atoms with van der Waals surface area (Å²) in [4.78, 5) is 16.4. The predicted molar refractivity (Wildman–Crippen MR) is 92.4 cm³/mol. The smallest absolute Gasteiger partial charge is 0.255 e. The second-order valence-electron chi connectivity index (χ2n) is 5.86. The van der Waals surface area contributed by atoms with Crippen molar-refractivity contribution in [3.63, 3.8) is 0 Å². The first kappa shape index (κ1) is 15.3. The molecular weight excluding hydrogens is 298 g/mol. The molecule has 1 aromatic rings. The van der Waals surface area contributed by atoms with Gasteiger partial charge < -0.3 is 4.90 Å². The fraction of sp³-hybridized carbons (Fsp3) is 0.588. The lowest BCUT2D eigenvalue weighted by Gasteiger charge is -2.38. The van der Waals surface area contributed by atoms with Gasteiger partial charge in [-0.05, 0) is 49.8 Å². The van der Waals surface area contributed by atoms with E-state index in [4.69, 9.17) is 0 Å². The summed E-state index contributed by atoms with van der Waals surface area (Å²) in [6.07, 6.45) is 6.93. The molecule has 0 aliphatic carbocycles. The van der Waals surface area contributed by atoms with Crippen LogP contribution in [0.2, 0.25) is 0 Å². The third-order valence-electron chi connectivity index (χ3n) is 4.67. The first-order chi connectivity index (χ1) is 10.2. The van der Waals surface area contributed by atoms with Crippen molar-refractivity contribution in [1.82, 2.24) is 4.90 Å². The van der Waals surface area contributed by atoms with Gasteiger partial charge in [-0.25, -0.2) is 0 Å². The van der Waals surface area contributed by atoms with Crippen LogP contribution in [-0.2, 0) is 0 Å². The zero-order chi connectivity index (χ0) is 14.8. The maximum absolute atomic E-state index is 13.1. The number of amides is 1. The number of fused-ring (bicyclic) bond motifs is 2. The molecule has 2 unspecified atom stereocenters. The molecule has 2 atom stereocenters. The molecule has 0 N–H and O–H groups in total. The van der Waals surface area contributed by atoms with Crippen molar-refractivity contribution >= 4 is 29.4 Å². The summed E-state index contributed by atoms with van der Waals surface area (Å²) >= 11 is 3.74. The first-order valence-electron chi connectivity index (χ1n) is 7.81. The Morgan fingerprint density at radius 2 is 1.90 bits per heavy atom. The minimum Gasteiger partial charge on any atom is -0.333 e. The lowest BCUT2D eigenvalue weighted by atomic mass is 10.0. The molecule has 2 nitrogen and oxygen atoms in total. The van der Waals surface area contributed by atoms with Gasteiger partial charge in [0.25, 0.3) is 5.91 Å². The highest BCUT2D eigenvalue weighted by atomic mass is 32.2. The molecule has 2 aliphatic rings. The average molecular weight is 322 g/mol.